The topological polar surface area (TPSA) is 118 Å². The summed E-state index contributed by atoms with van der Waals surface area (Å²) < 4.78 is 0. The summed E-state index contributed by atoms with van der Waals surface area (Å²) in [5, 5.41) is 27.2. The number of β-amino-alcohol motifs (C(OH)–C–C–N with tert-alkyl or cyclic N) is 1. The van der Waals surface area contributed by atoms with Gasteiger partial charge in [-0.2, -0.15) is 0 Å². The number of hydrogen-bond acceptors (Lipinski definition) is 7. The van der Waals surface area contributed by atoms with E-state index in [1.807, 2.05) is 39.0 Å². The highest BCUT2D eigenvalue weighted by atomic mass is 16.3. The van der Waals surface area contributed by atoms with E-state index in [-0.39, 0.29) is 29.4 Å². The maximum atomic E-state index is 13.4. The molecular formula is C30H48N6O3. The first-order valence-corrected chi connectivity index (χ1v) is 14.7. The minimum atomic E-state index is -0.672. The predicted octanol–water partition coefficient (Wildman–Crippen LogP) is 1.45. The highest BCUT2D eigenvalue weighted by molar-refractivity contribution is 5.93. The van der Waals surface area contributed by atoms with E-state index in [1.165, 1.54) is 25.7 Å². The van der Waals surface area contributed by atoms with Gasteiger partial charge in [-0.05, 0) is 57.4 Å². The summed E-state index contributed by atoms with van der Waals surface area (Å²) in [6.07, 6.45) is 7.43. The van der Waals surface area contributed by atoms with E-state index in [2.05, 4.69) is 43.6 Å². The molecule has 0 bridgehead atoms. The molecule has 2 fully saturated rings. The Morgan fingerprint density at radius 1 is 1.10 bits per heavy atom. The van der Waals surface area contributed by atoms with E-state index >= 15 is 0 Å². The first-order chi connectivity index (χ1) is 18.7. The lowest BCUT2D eigenvalue weighted by Crippen LogP contribution is -2.60. The third-order valence-corrected chi connectivity index (χ3v) is 8.18. The number of aliphatic hydroxyl groups is 1. The number of carbonyl (C=O) groups is 2. The van der Waals surface area contributed by atoms with E-state index in [0.717, 1.165) is 18.5 Å². The Kier molecular flexibility index (Phi) is 10.3. The standard InChI is InChI=1S/C30H48N6O3/c1-30(2,3)35-29(39)26-16-22-11-7-8-12-23(22)18-36(26)19-27(37)24(15-21-9-5-4-6-10-21)32-13-14-33-28(38)25-17-31-20-34-25/h4-6,9-10,17,22-24,26-27,31-32,34,37H,7-8,11-16,18-20H2,1-3H3,(H,33,38)(H,35,39)/t22-,23?,24?,26?,27?/m0/s1. The highest BCUT2D eigenvalue weighted by Gasteiger charge is 2.41. The van der Waals surface area contributed by atoms with E-state index < -0.39 is 6.10 Å². The summed E-state index contributed by atoms with van der Waals surface area (Å²) >= 11 is 0. The lowest BCUT2D eigenvalue weighted by Gasteiger charge is -2.47. The van der Waals surface area contributed by atoms with Gasteiger partial charge < -0.3 is 31.7 Å². The van der Waals surface area contributed by atoms with Crippen molar-refractivity contribution in [2.75, 3.05) is 32.8 Å². The molecule has 9 nitrogen and oxygen atoms in total. The van der Waals surface area contributed by atoms with Crippen molar-refractivity contribution in [1.82, 2.24) is 31.5 Å². The number of nitrogens with one attached hydrogen (secondary N) is 5. The van der Waals surface area contributed by atoms with Gasteiger partial charge in [0.1, 0.15) is 5.70 Å². The summed E-state index contributed by atoms with van der Waals surface area (Å²) in [4.78, 5) is 27.9. The molecule has 39 heavy (non-hydrogen) atoms. The second-order valence-corrected chi connectivity index (χ2v) is 12.4. The summed E-state index contributed by atoms with van der Waals surface area (Å²) in [6, 6.07) is 9.71. The van der Waals surface area contributed by atoms with Crippen LogP contribution in [-0.2, 0) is 16.0 Å². The number of rotatable bonds is 11. The van der Waals surface area contributed by atoms with Crippen molar-refractivity contribution >= 4 is 11.8 Å². The molecule has 0 aromatic heterocycles. The monoisotopic (exact) mass is 540 g/mol. The number of hydrogen-bond donors (Lipinski definition) is 6. The molecule has 2 aliphatic heterocycles. The van der Waals surface area contributed by atoms with Crippen LogP contribution in [0, 0.1) is 11.8 Å². The van der Waals surface area contributed by atoms with Crippen LogP contribution in [0.2, 0.25) is 0 Å². The zero-order chi connectivity index (χ0) is 27.8. The molecule has 1 aromatic carbocycles. The molecule has 4 unspecified atom stereocenters. The molecule has 0 radical (unpaired) electrons. The van der Waals surface area contributed by atoms with Gasteiger partial charge in [-0.25, -0.2) is 0 Å². The van der Waals surface area contributed by atoms with Crippen LogP contribution < -0.4 is 26.6 Å². The molecule has 216 valence electrons. The smallest absolute Gasteiger partial charge is 0.268 e. The van der Waals surface area contributed by atoms with Crippen LogP contribution in [0.4, 0.5) is 0 Å². The minimum absolute atomic E-state index is 0.0679. The van der Waals surface area contributed by atoms with E-state index in [1.54, 1.807) is 6.20 Å². The van der Waals surface area contributed by atoms with Gasteiger partial charge in [0.2, 0.25) is 5.91 Å². The Morgan fingerprint density at radius 3 is 2.54 bits per heavy atom. The molecule has 2 heterocycles. The Balaban J connectivity index is 1.41. The number of fused-ring (bicyclic) bond motifs is 1. The Morgan fingerprint density at radius 2 is 1.85 bits per heavy atom. The fourth-order valence-corrected chi connectivity index (χ4v) is 6.23. The molecule has 1 aliphatic carbocycles. The predicted molar refractivity (Wildman–Crippen MR) is 153 cm³/mol. The van der Waals surface area contributed by atoms with Crippen molar-refractivity contribution in [3.05, 3.63) is 47.8 Å². The maximum absolute atomic E-state index is 13.4. The van der Waals surface area contributed by atoms with Crippen LogP contribution in [-0.4, -0.2) is 78.4 Å². The second-order valence-electron chi connectivity index (χ2n) is 12.4. The molecule has 6 N–H and O–H groups in total. The van der Waals surface area contributed by atoms with Crippen molar-refractivity contribution in [2.24, 2.45) is 11.8 Å². The SMILES string of the molecule is CC(C)(C)NC(=O)C1C[C@@H]2CCCCC2CN1CC(O)C(Cc1ccccc1)NCCNC(=O)C1=CNCN1. The number of piperidine rings is 1. The maximum Gasteiger partial charge on any atom is 0.268 e. The van der Waals surface area contributed by atoms with Crippen molar-refractivity contribution in [2.45, 2.75) is 83.0 Å². The summed E-state index contributed by atoms with van der Waals surface area (Å²) in [6.45, 7) is 8.87. The third kappa shape index (κ3) is 8.68. The Hall–Kier alpha value is -2.62. The molecule has 1 saturated heterocycles. The molecule has 1 saturated carbocycles. The average molecular weight is 541 g/mol. The Bertz CT molecular complexity index is 979. The van der Waals surface area contributed by atoms with Crippen LogP contribution in [0.1, 0.15) is 58.4 Å². The number of aliphatic hydroxyl groups excluding tert-OH is 1. The number of nitrogens with zero attached hydrogens (tertiary/aromatic N) is 1. The average Bonchev–Trinajstić information content (AvgIpc) is 3.45. The van der Waals surface area contributed by atoms with Crippen LogP contribution in [0.25, 0.3) is 0 Å². The fraction of sp³-hybridized carbons (Fsp3) is 0.667. The normalized spacial score (nSPS) is 24.9. The molecule has 9 heteroatoms. The van der Waals surface area contributed by atoms with Crippen LogP contribution >= 0.6 is 0 Å². The molecule has 5 atom stereocenters. The van der Waals surface area contributed by atoms with Gasteiger partial charge in [0, 0.05) is 44.0 Å². The van der Waals surface area contributed by atoms with Gasteiger partial charge in [0.15, 0.2) is 0 Å². The van der Waals surface area contributed by atoms with E-state index in [0.29, 0.717) is 50.3 Å². The molecule has 1 aromatic rings. The first kappa shape index (κ1) is 29.4. The van der Waals surface area contributed by atoms with Crippen LogP contribution in [0.5, 0.6) is 0 Å². The third-order valence-electron chi connectivity index (χ3n) is 8.18. The molecule has 0 spiro atoms. The number of likely N-dealkylation sites (tertiary alicyclic amines) is 1. The van der Waals surface area contributed by atoms with E-state index in [9.17, 15) is 14.7 Å². The lowest BCUT2D eigenvalue weighted by molar-refractivity contribution is -0.132. The zero-order valence-electron chi connectivity index (χ0n) is 23.8. The van der Waals surface area contributed by atoms with Gasteiger partial charge in [-0.3, -0.25) is 14.5 Å². The van der Waals surface area contributed by atoms with Gasteiger partial charge in [-0.1, -0.05) is 49.6 Å². The highest BCUT2D eigenvalue weighted by Crippen LogP contribution is 2.38. The largest absolute Gasteiger partial charge is 0.390 e. The number of benzene rings is 1. The van der Waals surface area contributed by atoms with Gasteiger partial charge in [0.25, 0.3) is 5.91 Å². The summed E-state index contributed by atoms with van der Waals surface area (Å²) in [5.74, 6) is 1.10. The van der Waals surface area contributed by atoms with Gasteiger partial charge >= 0.3 is 0 Å². The van der Waals surface area contributed by atoms with Gasteiger partial charge in [0.05, 0.1) is 18.8 Å². The van der Waals surface area contributed by atoms with Crippen molar-refractivity contribution in [3.8, 4) is 0 Å². The second kappa shape index (κ2) is 13.6. The molecule has 3 aliphatic rings. The van der Waals surface area contributed by atoms with Crippen molar-refractivity contribution in [3.63, 3.8) is 0 Å². The zero-order valence-corrected chi connectivity index (χ0v) is 23.8. The summed E-state index contributed by atoms with van der Waals surface area (Å²) in [5.41, 5.74) is 1.37. The Labute approximate surface area is 233 Å². The van der Waals surface area contributed by atoms with Crippen molar-refractivity contribution < 1.29 is 14.7 Å². The molecule has 4 rings (SSSR count). The number of amides is 2. The van der Waals surface area contributed by atoms with E-state index in [4.69, 9.17) is 0 Å². The van der Waals surface area contributed by atoms with Crippen LogP contribution in [0.3, 0.4) is 0 Å². The fourth-order valence-electron chi connectivity index (χ4n) is 6.23. The first-order valence-electron chi connectivity index (χ1n) is 14.7. The molecule has 2 amide bonds. The van der Waals surface area contributed by atoms with Gasteiger partial charge in [-0.15, -0.1) is 0 Å². The van der Waals surface area contributed by atoms with Crippen molar-refractivity contribution in [1.29, 1.82) is 0 Å². The quantitative estimate of drug-likeness (QED) is 0.235. The lowest BCUT2D eigenvalue weighted by atomic mass is 9.72. The summed E-state index contributed by atoms with van der Waals surface area (Å²) in [7, 11) is 0. The number of carbonyl (C=O) groups excluding carboxylic acids is 2. The molecular weight excluding hydrogens is 492 g/mol. The van der Waals surface area contributed by atoms with Crippen LogP contribution in [0.15, 0.2) is 42.2 Å². The minimum Gasteiger partial charge on any atom is -0.390 e.